The maximum absolute atomic E-state index is 12.4. The van der Waals surface area contributed by atoms with Gasteiger partial charge in [-0.05, 0) is 50.6 Å². The average Bonchev–Trinajstić information content (AvgIpc) is 2.46. The minimum Gasteiger partial charge on any atom is -0.342 e. The predicted molar refractivity (Wildman–Crippen MR) is 87.3 cm³/mol. The molecule has 4 nitrogen and oxygen atoms in total. The van der Waals surface area contributed by atoms with Crippen molar-refractivity contribution >= 4 is 5.91 Å². The maximum Gasteiger partial charge on any atom is 0.236 e. The number of piperidine rings is 2. The van der Waals surface area contributed by atoms with Crippen LogP contribution in [-0.4, -0.2) is 61.0 Å². The summed E-state index contributed by atoms with van der Waals surface area (Å²) in [5.41, 5.74) is 0. The number of hydrogen-bond donors (Lipinski definition) is 1. The summed E-state index contributed by atoms with van der Waals surface area (Å²) in [5.74, 6) is 1.84. The molecule has 1 atom stereocenters. The van der Waals surface area contributed by atoms with Crippen LogP contribution in [0, 0.1) is 11.8 Å². The molecule has 0 spiro atoms. The molecule has 0 aliphatic carbocycles. The molecule has 0 aromatic carbocycles. The van der Waals surface area contributed by atoms with Crippen LogP contribution in [0.4, 0.5) is 0 Å². The Labute approximate surface area is 130 Å². The normalized spacial score (nSPS) is 25.5. The minimum absolute atomic E-state index is 0.347. The molecule has 2 aliphatic heterocycles. The number of nitrogens with zero attached hydrogens (tertiary/aromatic N) is 2. The molecule has 2 saturated heterocycles. The lowest BCUT2D eigenvalue weighted by atomic mass is 9.97. The molecule has 0 saturated carbocycles. The third-order valence-corrected chi connectivity index (χ3v) is 4.91. The van der Waals surface area contributed by atoms with Gasteiger partial charge < -0.3 is 10.2 Å². The second kappa shape index (κ2) is 8.14. The fraction of sp³-hybridized carbons (Fsp3) is 0.941. The topological polar surface area (TPSA) is 35.6 Å². The zero-order chi connectivity index (χ0) is 15.2. The van der Waals surface area contributed by atoms with E-state index in [-0.39, 0.29) is 0 Å². The molecule has 0 aromatic rings. The Morgan fingerprint density at radius 3 is 2.57 bits per heavy atom. The number of hydrogen-bond acceptors (Lipinski definition) is 3. The number of carbonyl (C=O) groups is 1. The van der Waals surface area contributed by atoms with E-state index in [0.29, 0.717) is 24.4 Å². The molecule has 4 heteroatoms. The second-order valence-corrected chi connectivity index (χ2v) is 7.37. The zero-order valence-electron chi connectivity index (χ0n) is 14.1. The first-order valence-corrected chi connectivity index (χ1v) is 8.78. The Hall–Kier alpha value is -0.610. The lowest BCUT2D eigenvalue weighted by Gasteiger charge is -2.36. The summed E-state index contributed by atoms with van der Waals surface area (Å²) >= 11 is 0. The van der Waals surface area contributed by atoms with Crippen molar-refractivity contribution in [2.75, 3.05) is 39.3 Å². The van der Waals surface area contributed by atoms with Gasteiger partial charge in [-0.15, -0.1) is 0 Å². The van der Waals surface area contributed by atoms with Crippen LogP contribution in [0.15, 0.2) is 0 Å². The van der Waals surface area contributed by atoms with Crippen molar-refractivity contribution in [1.82, 2.24) is 15.1 Å². The number of nitrogens with one attached hydrogen (secondary N) is 1. The van der Waals surface area contributed by atoms with Gasteiger partial charge in [0.2, 0.25) is 5.91 Å². The van der Waals surface area contributed by atoms with Gasteiger partial charge in [0.25, 0.3) is 0 Å². The number of carbonyl (C=O) groups excluding carboxylic acids is 1. The van der Waals surface area contributed by atoms with Gasteiger partial charge in [0.1, 0.15) is 0 Å². The van der Waals surface area contributed by atoms with Crippen molar-refractivity contribution in [2.24, 2.45) is 11.8 Å². The van der Waals surface area contributed by atoms with Crippen molar-refractivity contribution in [2.45, 2.75) is 52.5 Å². The lowest BCUT2D eigenvalue weighted by molar-refractivity contribution is -0.134. The molecule has 21 heavy (non-hydrogen) atoms. The van der Waals surface area contributed by atoms with Gasteiger partial charge in [-0.25, -0.2) is 0 Å². The van der Waals surface area contributed by atoms with Gasteiger partial charge in [-0.1, -0.05) is 20.8 Å². The summed E-state index contributed by atoms with van der Waals surface area (Å²) in [7, 11) is 0. The van der Waals surface area contributed by atoms with Crippen molar-refractivity contribution in [3.8, 4) is 0 Å². The molecule has 1 N–H and O–H groups in total. The van der Waals surface area contributed by atoms with E-state index >= 15 is 0 Å². The van der Waals surface area contributed by atoms with E-state index in [1.165, 1.54) is 25.7 Å². The summed E-state index contributed by atoms with van der Waals surface area (Å²) in [6, 6.07) is 0.553. The number of likely N-dealkylation sites (tertiary alicyclic amines) is 2. The van der Waals surface area contributed by atoms with Crippen LogP contribution in [0.5, 0.6) is 0 Å². The Morgan fingerprint density at radius 2 is 1.90 bits per heavy atom. The van der Waals surface area contributed by atoms with Crippen molar-refractivity contribution in [1.29, 1.82) is 0 Å². The van der Waals surface area contributed by atoms with Crippen LogP contribution >= 0.6 is 0 Å². The molecular formula is C17H33N3O. The number of amides is 1. The van der Waals surface area contributed by atoms with E-state index in [1.807, 2.05) is 0 Å². The summed E-state index contributed by atoms with van der Waals surface area (Å²) in [4.78, 5) is 16.9. The van der Waals surface area contributed by atoms with Crippen LogP contribution in [0.3, 0.4) is 0 Å². The fourth-order valence-electron chi connectivity index (χ4n) is 3.41. The standard InChI is InChI=1S/C17H33N3O/c1-14(2)18-11-16-5-4-8-19(12-16)13-17(21)20-9-6-15(3)7-10-20/h14-16,18H,4-13H2,1-3H3. The first kappa shape index (κ1) is 16.8. The van der Waals surface area contributed by atoms with Crippen LogP contribution in [0.1, 0.15) is 46.5 Å². The van der Waals surface area contributed by atoms with Gasteiger partial charge in [-0.2, -0.15) is 0 Å². The predicted octanol–water partition coefficient (Wildman–Crippen LogP) is 1.95. The minimum atomic E-state index is 0.347. The number of rotatable bonds is 5. The van der Waals surface area contributed by atoms with E-state index in [2.05, 4.69) is 35.9 Å². The molecule has 2 fully saturated rings. The molecule has 0 bridgehead atoms. The summed E-state index contributed by atoms with van der Waals surface area (Å²) in [6.45, 7) is 12.5. The third kappa shape index (κ3) is 5.59. The molecule has 0 aromatic heterocycles. The fourth-order valence-corrected chi connectivity index (χ4v) is 3.41. The van der Waals surface area contributed by atoms with E-state index in [0.717, 1.165) is 38.6 Å². The van der Waals surface area contributed by atoms with Gasteiger partial charge in [0.05, 0.1) is 6.54 Å². The lowest BCUT2D eigenvalue weighted by Crippen LogP contribution is -2.47. The molecule has 1 amide bonds. The molecular weight excluding hydrogens is 262 g/mol. The SMILES string of the molecule is CC1CCN(C(=O)CN2CCCC(CNC(C)C)C2)CC1. The third-order valence-electron chi connectivity index (χ3n) is 4.91. The largest absolute Gasteiger partial charge is 0.342 e. The highest BCUT2D eigenvalue weighted by atomic mass is 16.2. The van der Waals surface area contributed by atoms with Crippen LogP contribution in [0.2, 0.25) is 0 Å². The van der Waals surface area contributed by atoms with Crippen LogP contribution in [0.25, 0.3) is 0 Å². The summed E-state index contributed by atoms with van der Waals surface area (Å²) in [6.07, 6.45) is 4.87. The highest BCUT2D eigenvalue weighted by Crippen LogP contribution is 2.18. The van der Waals surface area contributed by atoms with Crippen molar-refractivity contribution in [3.63, 3.8) is 0 Å². The Balaban J connectivity index is 1.72. The van der Waals surface area contributed by atoms with Gasteiger partial charge in [0.15, 0.2) is 0 Å². The summed E-state index contributed by atoms with van der Waals surface area (Å²) < 4.78 is 0. The quantitative estimate of drug-likeness (QED) is 0.842. The molecule has 2 heterocycles. The van der Waals surface area contributed by atoms with Crippen LogP contribution in [-0.2, 0) is 4.79 Å². The smallest absolute Gasteiger partial charge is 0.236 e. The van der Waals surface area contributed by atoms with Crippen molar-refractivity contribution < 1.29 is 4.79 Å². The molecule has 1 unspecified atom stereocenters. The van der Waals surface area contributed by atoms with E-state index in [4.69, 9.17) is 0 Å². The summed E-state index contributed by atoms with van der Waals surface area (Å²) in [5, 5.41) is 3.54. The maximum atomic E-state index is 12.4. The first-order chi connectivity index (χ1) is 10.0. The zero-order valence-corrected chi connectivity index (χ0v) is 14.1. The first-order valence-electron chi connectivity index (χ1n) is 8.78. The second-order valence-electron chi connectivity index (χ2n) is 7.37. The highest BCUT2D eigenvalue weighted by molar-refractivity contribution is 5.78. The van der Waals surface area contributed by atoms with Gasteiger partial charge >= 0.3 is 0 Å². The monoisotopic (exact) mass is 295 g/mol. The average molecular weight is 295 g/mol. The van der Waals surface area contributed by atoms with Gasteiger partial charge in [0, 0.05) is 25.7 Å². The van der Waals surface area contributed by atoms with E-state index in [1.54, 1.807) is 0 Å². The molecule has 122 valence electrons. The Bertz CT molecular complexity index is 324. The Kier molecular flexibility index (Phi) is 6.49. The van der Waals surface area contributed by atoms with Crippen molar-refractivity contribution in [3.05, 3.63) is 0 Å². The van der Waals surface area contributed by atoms with Gasteiger partial charge in [-0.3, -0.25) is 9.69 Å². The van der Waals surface area contributed by atoms with E-state index < -0.39 is 0 Å². The highest BCUT2D eigenvalue weighted by Gasteiger charge is 2.25. The van der Waals surface area contributed by atoms with Crippen LogP contribution < -0.4 is 5.32 Å². The Morgan fingerprint density at radius 1 is 1.19 bits per heavy atom. The van der Waals surface area contributed by atoms with E-state index in [9.17, 15) is 4.79 Å². The molecule has 2 rings (SSSR count). The molecule has 2 aliphatic rings. The molecule has 0 radical (unpaired) electrons.